The molecule has 0 unspecified atom stereocenters. The van der Waals surface area contributed by atoms with E-state index in [1.165, 1.54) is 10.4 Å². The molecule has 2 aliphatic rings. The first-order valence-electron chi connectivity index (χ1n) is 10.5. The number of nitrogens with zero attached hydrogens (tertiary/aromatic N) is 3. The van der Waals surface area contributed by atoms with Gasteiger partial charge in [-0.2, -0.15) is 0 Å². The fraction of sp³-hybridized carbons (Fsp3) is 0.500. The number of anilines is 2. The van der Waals surface area contributed by atoms with Crippen LogP contribution in [0.2, 0.25) is 0 Å². The van der Waals surface area contributed by atoms with Crippen molar-refractivity contribution in [1.29, 1.82) is 0 Å². The highest BCUT2D eigenvalue weighted by Gasteiger charge is 2.23. The van der Waals surface area contributed by atoms with Gasteiger partial charge in [0, 0.05) is 44.0 Å². The second-order valence-electron chi connectivity index (χ2n) is 8.18. The van der Waals surface area contributed by atoms with E-state index < -0.39 is 0 Å². The van der Waals surface area contributed by atoms with Gasteiger partial charge in [0.1, 0.15) is 11.6 Å². The lowest BCUT2D eigenvalue weighted by Crippen LogP contribution is -2.44. The zero-order valence-electron chi connectivity index (χ0n) is 17.6. The third-order valence-corrected chi connectivity index (χ3v) is 6.82. The average Bonchev–Trinajstić information content (AvgIpc) is 3.17. The summed E-state index contributed by atoms with van der Waals surface area (Å²) in [7, 11) is 0. The van der Waals surface area contributed by atoms with E-state index in [1.807, 2.05) is 19.1 Å². The van der Waals surface area contributed by atoms with Crippen LogP contribution in [0, 0.1) is 6.92 Å². The number of carbonyl (C=O) groups is 2. The van der Waals surface area contributed by atoms with Crippen molar-refractivity contribution in [1.82, 2.24) is 15.2 Å². The van der Waals surface area contributed by atoms with Gasteiger partial charge in [0.15, 0.2) is 0 Å². The lowest BCUT2D eigenvalue weighted by Gasteiger charge is -2.34. The van der Waals surface area contributed by atoms with Crippen LogP contribution in [0.4, 0.5) is 11.6 Å². The quantitative estimate of drug-likeness (QED) is 0.767. The number of pyridine rings is 1. The summed E-state index contributed by atoms with van der Waals surface area (Å²) < 4.78 is 0. The van der Waals surface area contributed by atoms with E-state index in [0.717, 1.165) is 56.8 Å². The second-order valence-corrected chi connectivity index (χ2v) is 9.18. The lowest BCUT2D eigenvalue weighted by molar-refractivity contribution is -0.120. The number of fused-ring (bicyclic) bond motifs is 1. The van der Waals surface area contributed by atoms with Crippen molar-refractivity contribution in [3.63, 3.8) is 0 Å². The van der Waals surface area contributed by atoms with Gasteiger partial charge in [-0.05, 0) is 54.8 Å². The van der Waals surface area contributed by atoms with Gasteiger partial charge in [-0.15, -0.1) is 11.3 Å². The summed E-state index contributed by atoms with van der Waals surface area (Å²) in [6, 6.07) is 6.27. The van der Waals surface area contributed by atoms with Crippen LogP contribution in [0.3, 0.4) is 0 Å². The Morgan fingerprint density at radius 2 is 2.00 bits per heavy atom. The van der Waals surface area contributed by atoms with Crippen LogP contribution >= 0.6 is 11.3 Å². The Bertz CT molecular complexity index is 920. The number of piperidine rings is 1. The maximum absolute atomic E-state index is 12.6. The topological polar surface area (TPSA) is 77.6 Å². The summed E-state index contributed by atoms with van der Waals surface area (Å²) >= 11 is 1.81. The molecule has 7 nitrogen and oxygen atoms in total. The van der Waals surface area contributed by atoms with E-state index in [-0.39, 0.29) is 17.9 Å². The third-order valence-electron chi connectivity index (χ3n) is 5.79. The van der Waals surface area contributed by atoms with E-state index in [0.29, 0.717) is 12.4 Å². The van der Waals surface area contributed by atoms with E-state index in [1.54, 1.807) is 18.3 Å². The lowest BCUT2D eigenvalue weighted by atomic mass is 10.0. The number of thiophene rings is 1. The van der Waals surface area contributed by atoms with Gasteiger partial charge in [-0.25, -0.2) is 4.98 Å². The molecule has 2 aromatic heterocycles. The second kappa shape index (κ2) is 9.14. The number of nitrogens with one attached hydrogen (secondary N) is 2. The monoisotopic (exact) mass is 427 g/mol. The molecule has 2 N–H and O–H groups in total. The molecule has 8 heteroatoms. The van der Waals surface area contributed by atoms with Crippen LogP contribution in [-0.4, -0.2) is 53.9 Å². The standard InChI is InChI=1S/C22H29N5O2S/c1-15-3-4-20(25-22(15)27-10-5-18(6-11-27)23-16(2)28)24-21(29)14-26-9-7-19-17(13-26)8-12-30-19/h3-4,8,12,18H,5-7,9-11,13-14H2,1-2H3,(H,23,28)(H,24,25,29). The molecule has 2 aromatic rings. The van der Waals surface area contributed by atoms with Crippen molar-refractivity contribution in [2.24, 2.45) is 0 Å². The van der Waals surface area contributed by atoms with Gasteiger partial charge < -0.3 is 15.5 Å². The van der Waals surface area contributed by atoms with Gasteiger partial charge >= 0.3 is 0 Å². The fourth-order valence-corrected chi connectivity index (χ4v) is 5.15. The van der Waals surface area contributed by atoms with Crippen molar-refractivity contribution in [2.45, 2.75) is 45.7 Å². The molecule has 160 valence electrons. The summed E-state index contributed by atoms with van der Waals surface area (Å²) in [4.78, 5) is 34.5. The molecule has 1 fully saturated rings. The summed E-state index contributed by atoms with van der Waals surface area (Å²) in [5.41, 5.74) is 2.43. The first-order chi connectivity index (χ1) is 14.5. The predicted octanol–water partition coefficient (Wildman–Crippen LogP) is 2.55. The predicted molar refractivity (Wildman–Crippen MR) is 120 cm³/mol. The molecule has 4 rings (SSSR count). The number of carbonyl (C=O) groups excluding carboxylic acids is 2. The Morgan fingerprint density at radius 3 is 2.77 bits per heavy atom. The number of aromatic nitrogens is 1. The molecule has 1 saturated heterocycles. The molecule has 4 heterocycles. The normalized spacial score (nSPS) is 17.5. The number of hydrogen-bond donors (Lipinski definition) is 2. The van der Waals surface area contributed by atoms with Crippen molar-refractivity contribution in [3.05, 3.63) is 39.6 Å². The van der Waals surface area contributed by atoms with Crippen LogP contribution < -0.4 is 15.5 Å². The summed E-state index contributed by atoms with van der Waals surface area (Å²) in [5, 5.41) is 8.11. The summed E-state index contributed by atoms with van der Waals surface area (Å²) in [6.45, 7) is 7.41. The maximum Gasteiger partial charge on any atom is 0.239 e. The molecule has 0 aliphatic carbocycles. The molecular formula is C22H29N5O2S. The Balaban J connectivity index is 1.34. The first-order valence-corrected chi connectivity index (χ1v) is 11.4. The highest BCUT2D eigenvalue weighted by Crippen LogP contribution is 2.25. The Labute approximate surface area is 181 Å². The van der Waals surface area contributed by atoms with Gasteiger partial charge in [0.2, 0.25) is 11.8 Å². The Hall–Kier alpha value is -2.45. The van der Waals surface area contributed by atoms with Crippen molar-refractivity contribution < 1.29 is 9.59 Å². The highest BCUT2D eigenvalue weighted by atomic mass is 32.1. The molecule has 0 bridgehead atoms. The number of rotatable bonds is 5. The first kappa shape index (κ1) is 20.8. The van der Waals surface area contributed by atoms with Crippen molar-refractivity contribution in [3.8, 4) is 0 Å². The highest BCUT2D eigenvalue weighted by molar-refractivity contribution is 7.10. The molecular weight excluding hydrogens is 398 g/mol. The minimum Gasteiger partial charge on any atom is -0.356 e. The molecule has 2 aliphatic heterocycles. The molecule has 0 saturated carbocycles. The largest absolute Gasteiger partial charge is 0.356 e. The molecule has 0 aromatic carbocycles. The molecule has 0 radical (unpaired) electrons. The maximum atomic E-state index is 12.6. The Morgan fingerprint density at radius 1 is 1.20 bits per heavy atom. The number of aryl methyl sites for hydroxylation is 1. The third kappa shape index (κ3) is 4.99. The zero-order chi connectivity index (χ0) is 21.1. The zero-order valence-corrected chi connectivity index (χ0v) is 18.4. The van der Waals surface area contributed by atoms with Crippen LogP contribution in [0.25, 0.3) is 0 Å². The van der Waals surface area contributed by atoms with E-state index in [2.05, 4.69) is 31.9 Å². The minimum absolute atomic E-state index is 0.0244. The fourth-order valence-electron chi connectivity index (χ4n) is 4.26. The van der Waals surface area contributed by atoms with E-state index >= 15 is 0 Å². The average molecular weight is 428 g/mol. The molecule has 30 heavy (non-hydrogen) atoms. The Kier molecular flexibility index (Phi) is 6.34. The van der Waals surface area contributed by atoms with Crippen LogP contribution in [-0.2, 0) is 22.6 Å². The van der Waals surface area contributed by atoms with Crippen LogP contribution in [0.5, 0.6) is 0 Å². The van der Waals surface area contributed by atoms with Gasteiger partial charge in [-0.3, -0.25) is 14.5 Å². The summed E-state index contributed by atoms with van der Waals surface area (Å²) in [6.07, 6.45) is 2.81. The smallest absolute Gasteiger partial charge is 0.239 e. The number of amides is 2. The van der Waals surface area contributed by atoms with Gasteiger partial charge in [0.05, 0.1) is 6.54 Å². The van der Waals surface area contributed by atoms with Crippen LogP contribution in [0.1, 0.15) is 35.8 Å². The van der Waals surface area contributed by atoms with Gasteiger partial charge in [0.25, 0.3) is 0 Å². The van der Waals surface area contributed by atoms with Crippen molar-refractivity contribution >= 4 is 34.8 Å². The summed E-state index contributed by atoms with van der Waals surface area (Å²) in [5.74, 6) is 1.50. The van der Waals surface area contributed by atoms with Crippen LogP contribution in [0.15, 0.2) is 23.6 Å². The SMILES string of the molecule is CC(=O)NC1CCN(c2nc(NC(=O)CN3CCc4sccc4C3)ccc2C)CC1. The minimum atomic E-state index is -0.0275. The number of hydrogen-bond acceptors (Lipinski definition) is 6. The molecule has 0 atom stereocenters. The van der Waals surface area contributed by atoms with Crippen molar-refractivity contribution in [2.75, 3.05) is 36.4 Å². The molecule has 0 spiro atoms. The van der Waals surface area contributed by atoms with E-state index in [4.69, 9.17) is 4.98 Å². The van der Waals surface area contributed by atoms with E-state index in [9.17, 15) is 9.59 Å². The van der Waals surface area contributed by atoms with Gasteiger partial charge in [-0.1, -0.05) is 6.07 Å². The molecule has 2 amide bonds.